The minimum absolute atomic E-state index is 0.0770. The van der Waals surface area contributed by atoms with Crippen LogP contribution in [-0.4, -0.2) is 17.1 Å². The van der Waals surface area contributed by atoms with E-state index in [1.54, 1.807) is 38.1 Å². The average molecular weight is 325 g/mol. The first-order valence-electron chi connectivity index (χ1n) is 7.59. The Morgan fingerprint density at radius 3 is 2.50 bits per heavy atom. The molecule has 0 atom stereocenters. The molecule has 0 aliphatic heterocycles. The molecule has 1 N–H and O–H groups in total. The first-order chi connectivity index (χ1) is 11.5. The van der Waals surface area contributed by atoms with Gasteiger partial charge in [0.25, 0.3) is 5.56 Å². The van der Waals surface area contributed by atoms with E-state index in [9.17, 15) is 14.0 Å². The van der Waals surface area contributed by atoms with Gasteiger partial charge in [-0.1, -0.05) is 30.3 Å². The molecule has 1 heterocycles. The number of carbonyl (C=O) groups is 1. The van der Waals surface area contributed by atoms with Crippen LogP contribution in [0.5, 0.6) is 0 Å². The van der Waals surface area contributed by atoms with Crippen molar-refractivity contribution in [2.45, 2.75) is 20.0 Å². The third kappa shape index (κ3) is 2.93. The van der Waals surface area contributed by atoms with Gasteiger partial charge in [0.1, 0.15) is 5.82 Å². The summed E-state index contributed by atoms with van der Waals surface area (Å²) in [5.41, 5.74) is 0.793. The highest BCUT2D eigenvalue weighted by atomic mass is 19.1. The number of rotatable bonds is 3. The van der Waals surface area contributed by atoms with Gasteiger partial charge < -0.3 is 9.72 Å². The van der Waals surface area contributed by atoms with Gasteiger partial charge in [0.05, 0.1) is 17.2 Å². The Balaban J connectivity index is 2.39. The second-order valence-corrected chi connectivity index (χ2v) is 5.71. The predicted molar refractivity (Wildman–Crippen MR) is 90.5 cm³/mol. The van der Waals surface area contributed by atoms with Gasteiger partial charge in [-0.3, -0.25) is 4.79 Å². The Labute approximate surface area is 137 Å². The van der Waals surface area contributed by atoms with Gasteiger partial charge in [-0.2, -0.15) is 0 Å². The molecule has 0 amide bonds. The fraction of sp³-hybridized carbons (Fsp3) is 0.158. The Morgan fingerprint density at radius 2 is 1.83 bits per heavy atom. The van der Waals surface area contributed by atoms with E-state index in [1.807, 2.05) is 6.07 Å². The highest BCUT2D eigenvalue weighted by Gasteiger charge is 2.22. The zero-order valence-corrected chi connectivity index (χ0v) is 13.3. The Hall–Kier alpha value is -2.95. The van der Waals surface area contributed by atoms with Crippen molar-refractivity contribution in [2.24, 2.45) is 0 Å². The SMILES string of the molecule is CC(C)OC(=O)c1c(-c2ccccc2)c(=O)[nH]c2ccc(F)cc12. The van der Waals surface area contributed by atoms with Crippen LogP contribution in [0, 0.1) is 5.82 Å². The fourth-order valence-electron chi connectivity index (χ4n) is 2.63. The summed E-state index contributed by atoms with van der Waals surface area (Å²) < 4.78 is 19.0. The summed E-state index contributed by atoms with van der Waals surface area (Å²) >= 11 is 0. The smallest absolute Gasteiger partial charge is 0.339 e. The minimum Gasteiger partial charge on any atom is -0.459 e. The van der Waals surface area contributed by atoms with Crippen molar-refractivity contribution in [2.75, 3.05) is 0 Å². The van der Waals surface area contributed by atoms with Gasteiger partial charge in [0, 0.05) is 10.9 Å². The van der Waals surface area contributed by atoms with Crippen LogP contribution >= 0.6 is 0 Å². The van der Waals surface area contributed by atoms with Crippen LogP contribution in [0.1, 0.15) is 24.2 Å². The van der Waals surface area contributed by atoms with Crippen LogP contribution in [-0.2, 0) is 4.74 Å². The summed E-state index contributed by atoms with van der Waals surface area (Å²) in [6.07, 6.45) is -0.357. The zero-order chi connectivity index (χ0) is 17.3. The molecule has 0 unspecified atom stereocenters. The van der Waals surface area contributed by atoms with E-state index in [0.717, 1.165) is 0 Å². The van der Waals surface area contributed by atoms with Gasteiger partial charge in [-0.25, -0.2) is 9.18 Å². The quantitative estimate of drug-likeness (QED) is 0.743. The van der Waals surface area contributed by atoms with Crippen LogP contribution in [0.15, 0.2) is 53.3 Å². The number of fused-ring (bicyclic) bond motifs is 1. The van der Waals surface area contributed by atoms with E-state index in [1.165, 1.54) is 18.2 Å². The molecule has 0 radical (unpaired) electrons. The topological polar surface area (TPSA) is 59.2 Å². The number of carbonyl (C=O) groups excluding carboxylic acids is 1. The van der Waals surface area contributed by atoms with Gasteiger partial charge >= 0.3 is 5.97 Å². The van der Waals surface area contributed by atoms with Crippen LogP contribution in [0.2, 0.25) is 0 Å². The zero-order valence-electron chi connectivity index (χ0n) is 13.3. The first-order valence-corrected chi connectivity index (χ1v) is 7.59. The van der Waals surface area contributed by atoms with E-state index in [-0.39, 0.29) is 17.2 Å². The van der Waals surface area contributed by atoms with Crippen molar-refractivity contribution in [3.63, 3.8) is 0 Å². The Morgan fingerprint density at radius 1 is 1.12 bits per heavy atom. The number of hydrogen-bond donors (Lipinski definition) is 1. The van der Waals surface area contributed by atoms with Crippen molar-refractivity contribution >= 4 is 16.9 Å². The number of hydrogen-bond acceptors (Lipinski definition) is 3. The molecule has 5 heteroatoms. The molecule has 3 rings (SSSR count). The third-order valence-corrected chi connectivity index (χ3v) is 3.59. The molecule has 122 valence electrons. The number of benzene rings is 2. The van der Waals surface area contributed by atoms with Gasteiger partial charge in [0.2, 0.25) is 0 Å². The Bertz CT molecular complexity index is 962. The summed E-state index contributed by atoms with van der Waals surface area (Å²) in [6, 6.07) is 12.7. The second kappa shape index (κ2) is 6.28. The van der Waals surface area contributed by atoms with Crippen molar-refractivity contribution < 1.29 is 13.9 Å². The predicted octanol–water partition coefficient (Wildman–Crippen LogP) is 3.90. The number of pyridine rings is 1. The van der Waals surface area contributed by atoms with Gasteiger partial charge in [-0.05, 0) is 37.6 Å². The normalized spacial score (nSPS) is 11.0. The van der Waals surface area contributed by atoms with E-state index < -0.39 is 17.3 Å². The minimum atomic E-state index is -0.648. The van der Waals surface area contributed by atoms with Crippen LogP contribution in [0.4, 0.5) is 4.39 Å². The van der Waals surface area contributed by atoms with Crippen LogP contribution in [0.3, 0.4) is 0 Å². The molecule has 4 nitrogen and oxygen atoms in total. The van der Waals surface area contributed by atoms with Crippen molar-refractivity contribution in [1.82, 2.24) is 4.98 Å². The lowest BCUT2D eigenvalue weighted by Gasteiger charge is -2.14. The summed E-state index contributed by atoms with van der Waals surface area (Å²) in [6.45, 7) is 3.44. The molecule has 2 aromatic carbocycles. The van der Waals surface area contributed by atoms with Crippen molar-refractivity contribution in [1.29, 1.82) is 0 Å². The maximum Gasteiger partial charge on any atom is 0.339 e. The molecule has 0 aliphatic rings. The monoisotopic (exact) mass is 325 g/mol. The molecule has 0 aliphatic carbocycles. The van der Waals surface area contributed by atoms with Crippen molar-refractivity contribution in [3.8, 4) is 11.1 Å². The average Bonchev–Trinajstić information content (AvgIpc) is 2.54. The molecule has 0 bridgehead atoms. The molecular weight excluding hydrogens is 309 g/mol. The van der Waals surface area contributed by atoms with Gasteiger partial charge in [-0.15, -0.1) is 0 Å². The fourth-order valence-corrected chi connectivity index (χ4v) is 2.63. The standard InChI is InChI=1S/C19H16FNO3/c1-11(2)24-19(23)17-14-10-13(20)8-9-15(14)21-18(22)16(17)12-6-4-3-5-7-12/h3-11H,1-2H3,(H,21,22). The molecule has 0 saturated carbocycles. The second-order valence-electron chi connectivity index (χ2n) is 5.71. The molecule has 0 spiro atoms. The van der Waals surface area contributed by atoms with E-state index in [4.69, 9.17) is 4.74 Å². The Kier molecular flexibility index (Phi) is 4.16. The van der Waals surface area contributed by atoms with Crippen LogP contribution in [0.25, 0.3) is 22.0 Å². The van der Waals surface area contributed by atoms with Crippen molar-refractivity contribution in [3.05, 3.63) is 70.3 Å². The molecule has 24 heavy (non-hydrogen) atoms. The lowest BCUT2D eigenvalue weighted by molar-refractivity contribution is 0.0381. The summed E-state index contributed by atoms with van der Waals surface area (Å²) in [4.78, 5) is 27.9. The van der Waals surface area contributed by atoms with Crippen LogP contribution < -0.4 is 5.56 Å². The highest BCUT2D eigenvalue weighted by molar-refractivity contribution is 6.09. The third-order valence-electron chi connectivity index (χ3n) is 3.59. The highest BCUT2D eigenvalue weighted by Crippen LogP contribution is 2.27. The largest absolute Gasteiger partial charge is 0.459 e. The van der Waals surface area contributed by atoms with Gasteiger partial charge in [0.15, 0.2) is 0 Å². The number of esters is 1. The number of aromatic nitrogens is 1. The number of nitrogens with one attached hydrogen (secondary N) is 1. The summed E-state index contributed by atoms with van der Waals surface area (Å²) in [5, 5.41) is 0.319. The number of aromatic amines is 1. The summed E-state index contributed by atoms with van der Waals surface area (Å²) in [5.74, 6) is -1.14. The van der Waals surface area contributed by atoms with E-state index >= 15 is 0 Å². The molecule has 0 saturated heterocycles. The lowest BCUT2D eigenvalue weighted by Crippen LogP contribution is -2.19. The molecule has 3 aromatic rings. The maximum atomic E-state index is 13.7. The number of H-pyrrole nitrogens is 1. The number of ether oxygens (including phenoxy) is 1. The summed E-state index contributed by atoms with van der Waals surface area (Å²) in [7, 11) is 0. The molecule has 0 fully saturated rings. The first kappa shape index (κ1) is 15.9. The molecular formula is C19H16FNO3. The van der Waals surface area contributed by atoms with E-state index in [2.05, 4.69) is 4.98 Å². The lowest BCUT2D eigenvalue weighted by atomic mass is 9.97. The van der Waals surface area contributed by atoms with E-state index in [0.29, 0.717) is 16.5 Å². The maximum absolute atomic E-state index is 13.7. The number of halogens is 1. The molecule has 1 aromatic heterocycles.